The zero-order valence-electron chi connectivity index (χ0n) is 20.7. The molecule has 0 bridgehead atoms. The Labute approximate surface area is 206 Å². The van der Waals surface area contributed by atoms with Crippen molar-refractivity contribution in [2.75, 3.05) is 40.5 Å². The van der Waals surface area contributed by atoms with Crippen LogP contribution in [0.4, 0.5) is 0 Å². The summed E-state index contributed by atoms with van der Waals surface area (Å²) >= 11 is 0. The average molecular weight is 480 g/mol. The highest BCUT2D eigenvalue weighted by molar-refractivity contribution is 5.97. The standard InChI is InChI=1S/C27H33N3O5/c1-19-16-30(20(2)18-31)27(33)23-13-22(11-8-12-34-4)15-28-26(23)35-24(19)17-29(3)25(32)14-21-9-6-5-7-10-21/h5-7,9-10,13,15,19-20,24,31H,12,14,16-18H2,1-4H3/t19-,20-,24-/m1/s1. The number of hydrogen-bond donors (Lipinski definition) is 1. The van der Waals surface area contributed by atoms with Gasteiger partial charge in [0.2, 0.25) is 11.8 Å². The fourth-order valence-corrected chi connectivity index (χ4v) is 3.88. The lowest BCUT2D eigenvalue weighted by atomic mass is 9.99. The fourth-order valence-electron chi connectivity index (χ4n) is 3.88. The molecule has 2 heterocycles. The number of aromatic nitrogens is 1. The van der Waals surface area contributed by atoms with Gasteiger partial charge in [0.1, 0.15) is 18.3 Å². The van der Waals surface area contributed by atoms with Crippen LogP contribution in [-0.4, -0.2) is 84.3 Å². The molecule has 3 atom stereocenters. The Morgan fingerprint density at radius 1 is 1.37 bits per heavy atom. The fraction of sp³-hybridized carbons (Fsp3) is 0.444. The predicted octanol–water partition coefficient (Wildman–Crippen LogP) is 2.00. The molecule has 0 aliphatic carbocycles. The summed E-state index contributed by atoms with van der Waals surface area (Å²) in [6.45, 7) is 4.56. The number of carbonyl (C=O) groups is 2. The van der Waals surface area contributed by atoms with Gasteiger partial charge >= 0.3 is 0 Å². The molecule has 0 unspecified atom stereocenters. The van der Waals surface area contributed by atoms with Gasteiger partial charge in [-0.15, -0.1) is 0 Å². The molecule has 186 valence electrons. The molecule has 1 aromatic carbocycles. The summed E-state index contributed by atoms with van der Waals surface area (Å²) in [6, 6.07) is 10.8. The van der Waals surface area contributed by atoms with Crippen LogP contribution in [0.25, 0.3) is 0 Å². The summed E-state index contributed by atoms with van der Waals surface area (Å²) in [6.07, 6.45) is 1.45. The van der Waals surface area contributed by atoms with Gasteiger partial charge in [0.15, 0.2) is 0 Å². The van der Waals surface area contributed by atoms with E-state index in [1.165, 1.54) is 0 Å². The van der Waals surface area contributed by atoms with E-state index in [-0.39, 0.29) is 42.4 Å². The summed E-state index contributed by atoms with van der Waals surface area (Å²) in [4.78, 5) is 34.0. The number of aliphatic hydroxyl groups excluding tert-OH is 1. The maximum Gasteiger partial charge on any atom is 0.259 e. The molecule has 1 aliphatic rings. The highest BCUT2D eigenvalue weighted by Gasteiger charge is 2.34. The van der Waals surface area contributed by atoms with E-state index in [4.69, 9.17) is 9.47 Å². The van der Waals surface area contributed by atoms with Crippen LogP contribution in [0.3, 0.4) is 0 Å². The Kier molecular flexibility index (Phi) is 9.24. The highest BCUT2D eigenvalue weighted by Crippen LogP contribution is 2.27. The first-order chi connectivity index (χ1) is 16.8. The van der Waals surface area contributed by atoms with Gasteiger partial charge in [-0.3, -0.25) is 9.59 Å². The van der Waals surface area contributed by atoms with Crippen molar-refractivity contribution in [1.82, 2.24) is 14.8 Å². The first kappa shape index (κ1) is 26.2. The van der Waals surface area contributed by atoms with Crippen molar-refractivity contribution in [3.63, 3.8) is 0 Å². The Balaban J connectivity index is 1.87. The number of ether oxygens (including phenoxy) is 2. The Bertz CT molecular complexity index is 1080. The summed E-state index contributed by atoms with van der Waals surface area (Å²) in [5.41, 5.74) is 1.79. The molecular weight excluding hydrogens is 446 g/mol. The molecule has 0 spiro atoms. The number of aliphatic hydroxyl groups is 1. The molecule has 8 nitrogen and oxygen atoms in total. The molecular formula is C27H33N3O5. The molecule has 1 N–H and O–H groups in total. The van der Waals surface area contributed by atoms with Crippen molar-refractivity contribution in [2.24, 2.45) is 5.92 Å². The molecule has 1 aliphatic heterocycles. The molecule has 35 heavy (non-hydrogen) atoms. The third-order valence-corrected chi connectivity index (χ3v) is 6.05. The lowest BCUT2D eigenvalue weighted by Crippen LogP contribution is -2.50. The largest absolute Gasteiger partial charge is 0.472 e. The number of pyridine rings is 1. The molecule has 2 aromatic rings. The van der Waals surface area contributed by atoms with Gasteiger partial charge in [-0.2, -0.15) is 0 Å². The van der Waals surface area contributed by atoms with Gasteiger partial charge in [-0.1, -0.05) is 49.1 Å². The normalized spacial score (nSPS) is 18.3. The second-order valence-electron chi connectivity index (χ2n) is 8.87. The maximum atomic E-state index is 13.4. The van der Waals surface area contributed by atoms with E-state index in [0.29, 0.717) is 25.1 Å². The third-order valence-electron chi connectivity index (χ3n) is 6.05. The SMILES string of the molecule is COCC#Cc1cnc2c(c1)C(=O)N([C@H](C)CO)C[C@@H](C)[C@@H](CN(C)C(=O)Cc1ccccc1)O2. The lowest BCUT2D eigenvalue weighted by Gasteiger charge is -2.37. The van der Waals surface area contributed by atoms with Crippen LogP contribution in [0.1, 0.15) is 35.3 Å². The molecule has 0 saturated heterocycles. The topological polar surface area (TPSA) is 92.2 Å². The molecule has 0 fully saturated rings. The number of methoxy groups -OCH3 is 1. The number of likely N-dealkylation sites (N-methyl/N-ethyl adjacent to an activating group) is 1. The second-order valence-corrected chi connectivity index (χ2v) is 8.87. The zero-order valence-corrected chi connectivity index (χ0v) is 20.7. The number of benzene rings is 1. The van der Waals surface area contributed by atoms with Crippen LogP contribution in [0.15, 0.2) is 42.6 Å². The van der Waals surface area contributed by atoms with Crippen LogP contribution >= 0.6 is 0 Å². The van der Waals surface area contributed by atoms with E-state index in [0.717, 1.165) is 5.56 Å². The van der Waals surface area contributed by atoms with Gasteiger partial charge in [0.05, 0.1) is 25.6 Å². The quantitative estimate of drug-likeness (QED) is 0.611. The molecule has 1 aromatic heterocycles. The average Bonchev–Trinajstić information content (AvgIpc) is 2.86. The Hall–Kier alpha value is -3.41. The predicted molar refractivity (Wildman–Crippen MR) is 132 cm³/mol. The summed E-state index contributed by atoms with van der Waals surface area (Å²) < 4.78 is 11.2. The van der Waals surface area contributed by atoms with E-state index in [9.17, 15) is 14.7 Å². The van der Waals surface area contributed by atoms with Crippen molar-refractivity contribution >= 4 is 11.8 Å². The molecule has 2 amide bonds. The van der Waals surface area contributed by atoms with Gasteiger partial charge < -0.3 is 24.4 Å². The minimum Gasteiger partial charge on any atom is -0.472 e. The van der Waals surface area contributed by atoms with E-state index in [1.54, 1.807) is 43.1 Å². The van der Waals surface area contributed by atoms with Crippen molar-refractivity contribution in [2.45, 2.75) is 32.4 Å². The molecule has 0 radical (unpaired) electrons. The highest BCUT2D eigenvalue weighted by atomic mass is 16.5. The van der Waals surface area contributed by atoms with Crippen LogP contribution in [0.5, 0.6) is 5.88 Å². The number of rotatable bonds is 7. The number of amides is 2. The van der Waals surface area contributed by atoms with Gasteiger partial charge in [0.25, 0.3) is 5.91 Å². The maximum absolute atomic E-state index is 13.4. The first-order valence-electron chi connectivity index (χ1n) is 11.7. The molecule has 8 heteroatoms. The Morgan fingerprint density at radius 3 is 2.80 bits per heavy atom. The molecule has 0 saturated carbocycles. The van der Waals surface area contributed by atoms with Crippen LogP contribution in [-0.2, 0) is 16.0 Å². The van der Waals surface area contributed by atoms with E-state index in [2.05, 4.69) is 16.8 Å². The summed E-state index contributed by atoms with van der Waals surface area (Å²) in [5, 5.41) is 9.79. The minimum atomic E-state index is -0.405. The number of fused-ring (bicyclic) bond motifs is 1. The van der Waals surface area contributed by atoms with Crippen molar-refractivity contribution in [3.8, 4) is 17.7 Å². The Morgan fingerprint density at radius 2 is 2.11 bits per heavy atom. The van der Waals surface area contributed by atoms with Crippen LogP contribution in [0, 0.1) is 17.8 Å². The first-order valence-corrected chi connectivity index (χ1v) is 11.7. The van der Waals surface area contributed by atoms with Crippen LogP contribution in [0.2, 0.25) is 0 Å². The van der Waals surface area contributed by atoms with Crippen molar-refractivity contribution in [1.29, 1.82) is 0 Å². The van der Waals surface area contributed by atoms with Gasteiger partial charge in [-0.05, 0) is 18.6 Å². The van der Waals surface area contributed by atoms with Crippen molar-refractivity contribution < 1.29 is 24.2 Å². The van der Waals surface area contributed by atoms with Crippen LogP contribution < -0.4 is 4.74 Å². The monoisotopic (exact) mass is 479 g/mol. The van der Waals surface area contributed by atoms with E-state index >= 15 is 0 Å². The lowest BCUT2D eigenvalue weighted by molar-refractivity contribution is -0.130. The number of carbonyl (C=O) groups excluding carboxylic acids is 2. The van der Waals surface area contributed by atoms with Crippen molar-refractivity contribution in [3.05, 3.63) is 59.3 Å². The summed E-state index contributed by atoms with van der Waals surface area (Å²) in [7, 11) is 3.31. The van der Waals surface area contributed by atoms with Gasteiger partial charge in [0, 0.05) is 38.4 Å². The summed E-state index contributed by atoms with van der Waals surface area (Å²) in [5.74, 6) is 5.58. The number of nitrogens with zero attached hydrogens (tertiary/aromatic N) is 3. The molecule has 3 rings (SSSR count). The second kappa shape index (κ2) is 12.3. The zero-order chi connectivity index (χ0) is 25.4. The minimum absolute atomic E-state index is 0.0253. The number of hydrogen-bond acceptors (Lipinski definition) is 6. The van der Waals surface area contributed by atoms with E-state index < -0.39 is 12.1 Å². The van der Waals surface area contributed by atoms with E-state index in [1.807, 2.05) is 37.3 Å². The smallest absolute Gasteiger partial charge is 0.259 e. The van der Waals surface area contributed by atoms with Gasteiger partial charge in [-0.25, -0.2) is 4.98 Å². The third kappa shape index (κ3) is 6.81.